The molecule has 0 bridgehead atoms. The van der Waals surface area contributed by atoms with Gasteiger partial charge in [0.1, 0.15) is 31.1 Å². The van der Waals surface area contributed by atoms with E-state index in [1.165, 1.54) is 17.7 Å². The van der Waals surface area contributed by atoms with Crippen molar-refractivity contribution in [3.63, 3.8) is 0 Å². The Labute approximate surface area is 242 Å². The molecule has 43 heavy (non-hydrogen) atoms. The second-order valence-corrected chi connectivity index (χ2v) is 9.58. The smallest absolute Gasteiger partial charge is 0.336 e. The van der Waals surface area contributed by atoms with Crippen molar-refractivity contribution in [3.8, 4) is 11.4 Å². The average Bonchev–Trinajstić information content (AvgIpc) is 3.29. The van der Waals surface area contributed by atoms with Crippen LogP contribution in [-0.4, -0.2) is 54.1 Å². The van der Waals surface area contributed by atoms with Gasteiger partial charge in [0.15, 0.2) is 5.82 Å². The van der Waals surface area contributed by atoms with Gasteiger partial charge in [0.2, 0.25) is 5.78 Å². The fourth-order valence-corrected chi connectivity index (χ4v) is 4.88. The Hall–Kier alpha value is -5.78. The first-order chi connectivity index (χ1) is 20.8. The fraction of sp³-hybridized carbons (Fsp3) is 0.161. The second kappa shape index (κ2) is 11.2. The summed E-state index contributed by atoms with van der Waals surface area (Å²) in [6.45, 7) is -0.569. The molecule has 3 aromatic carbocycles. The third-order valence-electron chi connectivity index (χ3n) is 6.88. The van der Waals surface area contributed by atoms with Crippen molar-refractivity contribution in [1.82, 2.24) is 9.55 Å². The van der Waals surface area contributed by atoms with Crippen molar-refractivity contribution in [3.05, 3.63) is 104 Å². The minimum Gasteiger partial charge on any atom is -0.497 e. The van der Waals surface area contributed by atoms with Crippen LogP contribution in [0.2, 0.25) is 0 Å². The van der Waals surface area contributed by atoms with E-state index in [4.69, 9.17) is 18.6 Å². The number of methoxy groups -OCH3 is 1. The van der Waals surface area contributed by atoms with E-state index in [2.05, 4.69) is 10.3 Å². The van der Waals surface area contributed by atoms with Gasteiger partial charge < -0.3 is 23.9 Å². The zero-order chi connectivity index (χ0) is 30.1. The van der Waals surface area contributed by atoms with Crippen molar-refractivity contribution in [2.24, 2.45) is 0 Å². The maximum absolute atomic E-state index is 13.3. The largest absolute Gasteiger partial charge is 0.497 e. The van der Waals surface area contributed by atoms with E-state index in [0.717, 1.165) is 0 Å². The Morgan fingerprint density at radius 1 is 0.907 bits per heavy atom. The summed E-state index contributed by atoms with van der Waals surface area (Å²) in [5, 5.41) is 3.75. The Morgan fingerprint density at radius 3 is 2.51 bits per heavy atom. The molecular weight excluding hydrogens is 558 g/mol. The minimum atomic E-state index is -0.611. The standard InChI is InChI=1S/C31H23N3O9/c1-40-19-7-8-20-17(13-27(36)43-25(20)15-19)12-26(35)41-10-11-42-28(37)16-32-18-6-9-23-22(14-18)31(39)34-24-5-3-2-4-21(24)29(38)30(34)33-23/h2-9,13-15,32H,10-12,16H2,1H3. The lowest BCUT2D eigenvalue weighted by Gasteiger charge is -2.10. The van der Waals surface area contributed by atoms with Crippen LogP contribution in [0.15, 0.2) is 80.7 Å². The van der Waals surface area contributed by atoms with Crippen LogP contribution in [0, 0.1) is 0 Å². The maximum atomic E-state index is 13.3. The number of nitrogens with zero attached hydrogens (tertiary/aromatic N) is 2. The highest BCUT2D eigenvalue weighted by atomic mass is 16.6. The van der Waals surface area contributed by atoms with Crippen LogP contribution in [0.5, 0.6) is 5.75 Å². The highest BCUT2D eigenvalue weighted by Crippen LogP contribution is 2.27. The van der Waals surface area contributed by atoms with Crippen molar-refractivity contribution < 1.29 is 33.0 Å². The molecule has 3 heterocycles. The minimum absolute atomic E-state index is 0.0622. The van der Waals surface area contributed by atoms with Crippen LogP contribution in [0.3, 0.4) is 0 Å². The molecule has 1 aliphatic heterocycles. The number of ketones is 1. The van der Waals surface area contributed by atoms with Crippen molar-refractivity contribution in [2.75, 3.05) is 32.2 Å². The lowest BCUT2D eigenvalue weighted by Crippen LogP contribution is -2.22. The van der Waals surface area contributed by atoms with E-state index >= 15 is 0 Å². The molecule has 0 fully saturated rings. The summed E-state index contributed by atoms with van der Waals surface area (Å²) in [6.07, 6.45) is -0.177. The highest BCUT2D eigenvalue weighted by Gasteiger charge is 2.29. The van der Waals surface area contributed by atoms with E-state index in [0.29, 0.717) is 39.2 Å². The molecule has 0 amide bonds. The molecule has 12 heteroatoms. The lowest BCUT2D eigenvalue weighted by molar-refractivity contribution is -0.150. The molecule has 0 saturated heterocycles. The van der Waals surface area contributed by atoms with Gasteiger partial charge in [-0.15, -0.1) is 0 Å². The van der Waals surface area contributed by atoms with Crippen LogP contribution in [0.4, 0.5) is 5.69 Å². The van der Waals surface area contributed by atoms with E-state index < -0.39 is 23.1 Å². The molecule has 1 N–H and O–H groups in total. The van der Waals surface area contributed by atoms with Gasteiger partial charge in [-0.1, -0.05) is 12.1 Å². The van der Waals surface area contributed by atoms with Gasteiger partial charge in [-0.25, -0.2) is 9.78 Å². The number of para-hydroxylation sites is 1. The molecule has 5 aromatic rings. The van der Waals surface area contributed by atoms with E-state index in [-0.39, 0.29) is 48.8 Å². The number of nitrogens with one attached hydrogen (secondary N) is 1. The Kier molecular flexibility index (Phi) is 7.16. The molecule has 2 aromatic heterocycles. The first-order valence-electron chi connectivity index (χ1n) is 13.2. The second-order valence-electron chi connectivity index (χ2n) is 9.58. The van der Waals surface area contributed by atoms with Crippen molar-refractivity contribution >= 4 is 45.3 Å². The Balaban J connectivity index is 1.02. The number of esters is 2. The molecule has 6 rings (SSSR count). The predicted molar refractivity (Wildman–Crippen MR) is 154 cm³/mol. The van der Waals surface area contributed by atoms with E-state index in [1.54, 1.807) is 60.7 Å². The number of rotatable bonds is 9. The quantitative estimate of drug-likeness (QED) is 0.152. The molecule has 0 saturated carbocycles. The average molecular weight is 582 g/mol. The highest BCUT2D eigenvalue weighted by molar-refractivity contribution is 6.13. The number of anilines is 1. The molecule has 0 spiro atoms. The molecule has 0 aliphatic carbocycles. The van der Waals surface area contributed by atoms with Crippen molar-refractivity contribution in [2.45, 2.75) is 6.42 Å². The fourth-order valence-electron chi connectivity index (χ4n) is 4.88. The normalized spacial score (nSPS) is 11.7. The number of hydrogen-bond acceptors (Lipinski definition) is 11. The van der Waals surface area contributed by atoms with Gasteiger partial charge in [-0.3, -0.25) is 23.7 Å². The van der Waals surface area contributed by atoms with Crippen molar-refractivity contribution in [1.29, 1.82) is 0 Å². The van der Waals surface area contributed by atoms with Gasteiger partial charge >= 0.3 is 17.6 Å². The van der Waals surface area contributed by atoms with E-state index in [9.17, 15) is 24.0 Å². The molecule has 1 aliphatic rings. The van der Waals surface area contributed by atoms with Crippen LogP contribution >= 0.6 is 0 Å². The zero-order valence-corrected chi connectivity index (χ0v) is 22.7. The number of hydrogen-bond donors (Lipinski definition) is 1. The SMILES string of the molecule is COc1ccc2c(CC(=O)OCCOC(=O)CNc3ccc4nc5n(c(=O)c4c3)-c3ccccc3C5=O)cc(=O)oc2c1. The first-order valence-corrected chi connectivity index (χ1v) is 13.2. The van der Waals surface area contributed by atoms with Gasteiger partial charge in [0.05, 0.1) is 35.7 Å². The number of carbonyl (C=O) groups excluding carboxylic acids is 3. The van der Waals surface area contributed by atoms with Crippen LogP contribution in [0.25, 0.3) is 27.6 Å². The number of fused-ring (bicyclic) bond motifs is 5. The topological polar surface area (TPSA) is 156 Å². The van der Waals surface area contributed by atoms with Gasteiger partial charge in [-0.2, -0.15) is 0 Å². The van der Waals surface area contributed by atoms with Crippen LogP contribution in [-0.2, 0) is 25.5 Å². The van der Waals surface area contributed by atoms with E-state index in [1.807, 2.05) is 0 Å². The predicted octanol–water partition coefficient (Wildman–Crippen LogP) is 2.79. The molecular formula is C31H23N3O9. The third kappa shape index (κ3) is 5.33. The number of benzene rings is 3. The van der Waals surface area contributed by atoms with Crippen LogP contribution < -0.4 is 21.2 Å². The zero-order valence-electron chi connectivity index (χ0n) is 22.7. The summed E-state index contributed by atoms with van der Waals surface area (Å²) in [4.78, 5) is 66.9. The molecule has 12 nitrogen and oxygen atoms in total. The summed E-state index contributed by atoms with van der Waals surface area (Å²) < 4.78 is 21.9. The summed E-state index contributed by atoms with van der Waals surface area (Å²) in [7, 11) is 1.49. The first kappa shape index (κ1) is 27.4. The number of ether oxygens (including phenoxy) is 3. The Bertz CT molecular complexity index is 2060. The van der Waals surface area contributed by atoms with Crippen LogP contribution in [0.1, 0.15) is 21.7 Å². The summed E-state index contributed by atoms with van der Waals surface area (Å²) >= 11 is 0. The lowest BCUT2D eigenvalue weighted by atomic mass is 10.1. The van der Waals surface area contributed by atoms with Gasteiger partial charge in [0, 0.05) is 23.2 Å². The maximum Gasteiger partial charge on any atom is 0.336 e. The monoisotopic (exact) mass is 581 g/mol. The molecule has 0 radical (unpaired) electrons. The molecule has 0 unspecified atom stereocenters. The molecule has 0 atom stereocenters. The summed E-state index contributed by atoms with van der Waals surface area (Å²) in [5.74, 6) is -0.964. The third-order valence-corrected chi connectivity index (χ3v) is 6.88. The van der Waals surface area contributed by atoms with Gasteiger partial charge in [0.25, 0.3) is 5.56 Å². The summed E-state index contributed by atoms with van der Waals surface area (Å²) in [5.41, 5.74) is 1.45. The summed E-state index contributed by atoms with van der Waals surface area (Å²) in [6, 6.07) is 17.7. The Morgan fingerprint density at radius 2 is 1.70 bits per heavy atom. The number of aromatic nitrogens is 2. The molecule has 216 valence electrons. The van der Waals surface area contributed by atoms with Gasteiger partial charge in [-0.05, 0) is 48.0 Å². The number of carbonyl (C=O) groups is 3.